The summed E-state index contributed by atoms with van der Waals surface area (Å²) in [5.41, 5.74) is -0.799. The normalized spacial score (nSPS) is 11.3. The predicted molar refractivity (Wildman–Crippen MR) is 76.9 cm³/mol. The van der Waals surface area contributed by atoms with E-state index in [0.29, 0.717) is 23.8 Å². The van der Waals surface area contributed by atoms with Crippen LogP contribution in [-0.4, -0.2) is 29.0 Å². The molecule has 2 N–H and O–H groups in total. The first-order chi connectivity index (χ1) is 10.4. The highest BCUT2D eigenvalue weighted by atomic mass is 32.1. The Morgan fingerprint density at radius 1 is 1.23 bits per heavy atom. The summed E-state index contributed by atoms with van der Waals surface area (Å²) in [7, 11) is 0. The van der Waals surface area contributed by atoms with Gasteiger partial charge in [-0.25, -0.2) is 9.97 Å². The van der Waals surface area contributed by atoms with E-state index in [2.05, 4.69) is 20.6 Å². The molecule has 0 atom stereocenters. The molecule has 118 valence electrons. The Bertz CT molecular complexity index is 639. The number of aromatic nitrogens is 2. The molecule has 0 bridgehead atoms. The van der Waals surface area contributed by atoms with Crippen LogP contribution in [0.2, 0.25) is 0 Å². The van der Waals surface area contributed by atoms with Gasteiger partial charge < -0.3 is 10.6 Å². The third-order valence-electron chi connectivity index (χ3n) is 2.65. The molecule has 0 fully saturated rings. The van der Waals surface area contributed by atoms with Gasteiger partial charge in [-0.05, 0) is 19.1 Å². The van der Waals surface area contributed by atoms with Gasteiger partial charge in [-0.1, -0.05) is 0 Å². The van der Waals surface area contributed by atoms with E-state index in [0.717, 1.165) is 17.3 Å². The average Bonchev–Trinajstić information content (AvgIpc) is 2.89. The van der Waals surface area contributed by atoms with Crippen LogP contribution in [0.1, 0.15) is 20.2 Å². The van der Waals surface area contributed by atoms with Gasteiger partial charge in [0.05, 0.1) is 16.8 Å². The summed E-state index contributed by atoms with van der Waals surface area (Å²) < 4.78 is 37.1. The van der Waals surface area contributed by atoms with Crippen molar-refractivity contribution in [3.63, 3.8) is 0 Å². The summed E-state index contributed by atoms with van der Waals surface area (Å²) in [6.07, 6.45) is -2.13. The number of thiazole rings is 1. The fraction of sp³-hybridized carbons (Fsp3) is 0.308. The van der Waals surface area contributed by atoms with Crippen molar-refractivity contribution in [3.8, 4) is 0 Å². The summed E-state index contributed by atoms with van der Waals surface area (Å²) in [5, 5.41) is 6.31. The highest BCUT2D eigenvalue weighted by Gasteiger charge is 2.30. The number of nitrogens with one attached hydrogen (secondary N) is 2. The fourth-order valence-corrected chi connectivity index (χ4v) is 2.28. The summed E-state index contributed by atoms with van der Waals surface area (Å²) in [6.45, 7) is 2.47. The van der Waals surface area contributed by atoms with Gasteiger partial charge in [0, 0.05) is 19.3 Å². The maximum Gasteiger partial charge on any atom is 0.417 e. The third kappa shape index (κ3) is 4.42. The maximum atomic E-state index is 12.4. The number of hydrogen-bond donors (Lipinski definition) is 2. The SMILES string of the molecule is Cc1ncc(C(=O)NCCNc2ccc(C(F)(F)F)cn2)s1. The van der Waals surface area contributed by atoms with E-state index in [1.165, 1.54) is 23.6 Å². The first kappa shape index (κ1) is 16.2. The number of nitrogens with zero attached hydrogens (tertiary/aromatic N) is 2. The molecule has 0 saturated heterocycles. The topological polar surface area (TPSA) is 66.9 Å². The smallest absolute Gasteiger partial charge is 0.368 e. The van der Waals surface area contributed by atoms with Crippen LogP contribution in [0.3, 0.4) is 0 Å². The van der Waals surface area contributed by atoms with E-state index in [4.69, 9.17) is 0 Å². The van der Waals surface area contributed by atoms with Gasteiger partial charge in [-0.3, -0.25) is 4.79 Å². The van der Waals surface area contributed by atoms with Crippen molar-refractivity contribution in [1.82, 2.24) is 15.3 Å². The van der Waals surface area contributed by atoms with E-state index < -0.39 is 11.7 Å². The van der Waals surface area contributed by atoms with E-state index in [9.17, 15) is 18.0 Å². The molecule has 5 nitrogen and oxygen atoms in total. The Balaban J connectivity index is 1.76. The van der Waals surface area contributed by atoms with E-state index in [-0.39, 0.29) is 5.91 Å². The van der Waals surface area contributed by atoms with Crippen molar-refractivity contribution >= 4 is 23.1 Å². The van der Waals surface area contributed by atoms with Crippen LogP contribution in [-0.2, 0) is 6.18 Å². The lowest BCUT2D eigenvalue weighted by Gasteiger charge is -2.09. The molecule has 0 saturated carbocycles. The van der Waals surface area contributed by atoms with Crippen molar-refractivity contribution in [3.05, 3.63) is 40.0 Å². The van der Waals surface area contributed by atoms with Crippen LogP contribution < -0.4 is 10.6 Å². The summed E-state index contributed by atoms with van der Waals surface area (Å²) >= 11 is 1.29. The zero-order valence-electron chi connectivity index (χ0n) is 11.6. The zero-order chi connectivity index (χ0) is 16.2. The number of carbonyl (C=O) groups is 1. The first-order valence-corrected chi connectivity index (χ1v) is 7.15. The second kappa shape index (κ2) is 6.73. The van der Waals surface area contributed by atoms with Crippen molar-refractivity contribution < 1.29 is 18.0 Å². The summed E-state index contributed by atoms with van der Waals surface area (Å²) in [6, 6.07) is 2.20. The van der Waals surface area contributed by atoms with Crippen LogP contribution >= 0.6 is 11.3 Å². The van der Waals surface area contributed by atoms with Crippen molar-refractivity contribution in [2.45, 2.75) is 13.1 Å². The van der Waals surface area contributed by atoms with Crippen molar-refractivity contribution in [1.29, 1.82) is 0 Å². The number of hydrogen-bond acceptors (Lipinski definition) is 5. The number of amides is 1. The third-order valence-corrected chi connectivity index (χ3v) is 3.56. The van der Waals surface area contributed by atoms with Gasteiger partial charge in [0.15, 0.2) is 0 Å². The van der Waals surface area contributed by atoms with Gasteiger partial charge in [-0.2, -0.15) is 13.2 Å². The molecule has 2 aromatic rings. The number of pyridine rings is 1. The second-order valence-corrected chi connectivity index (χ2v) is 5.59. The highest BCUT2D eigenvalue weighted by Crippen LogP contribution is 2.28. The van der Waals surface area contributed by atoms with Crippen LogP contribution in [0.25, 0.3) is 0 Å². The lowest BCUT2D eigenvalue weighted by molar-refractivity contribution is -0.137. The molecule has 0 aliphatic rings. The maximum absolute atomic E-state index is 12.4. The molecule has 9 heteroatoms. The number of rotatable bonds is 5. The lowest BCUT2D eigenvalue weighted by atomic mass is 10.3. The molecular weight excluding hydrogens is 317 g/mol. The Hall–Kier alpha value is -2.16. The molecule has 2 heterocycles. The molecule has 1 amide bonds. The monoisotopic (exact) mass is 330 g/mol. The van der Waals surface area contributed by atoms with Gasteiger partial charge in [0.25, 0.3) is 5.91 Å². The molecule has 0 aliphatic heterocycles. The van der Waals surface area contributed by atoms with E-state index >= 15 is 0 Å². The molecule has 0 radical (unpaired) electrons. The summed E-state index contributed by atoms with van der Waals surface area (Å²) in [4.78, 5) is 19.9. The first-order valence-electron chi connectivity index (χ1n) is 6.34. The minimum absolute atomic E-state index is 0.229. The number of alkyl halides is 3. The lowest BCUT2D eigenvalue weighted by Crippen LogP contribution is -2.28. The second-order valence-electron chi connectivity index (χ2n) is 4.36. The van der Waals surface area contributed by atoms with Crippen LogP contribution in [0.15, 0.2) is 24.5 Å². The molecule has 0 aliphatic carbocycles. The largest absolute Gasteiger partial charge is 0.417 e. The molecular formula is C13H13F3N4OS. The van der Waals surface area contributed by atoms with E-state index in [1.807, 2.05) is 0 Å². The Kier molecular flexibility index (Phi) is 4.96. The van der Waals surface area contributed by atoms with E-state index in [1.54, 1.807) is 6.92 Å². The molecule has 2 aromatic heterocycles. The Morgan fingerprint density at radius 3 is 2.55 bits per heavy atom. The predicted octanol–water partition coefficient (Wildman–Crippen LogP) is 2.71. The van der Waals surface area contributed by atoms with Gasteiger partial charge in [-0.15, -0.1) is 11.3 Å². The van der Waals surface area contributed by atoms with Crippen LogP contribution in [0.4, 0.5) is 19.0 Å². The molecule has 0 spiro atoms. The number of halogens is 3. The number of anilines is 1. The average molecular weight is 330 g/mol. The summed E-state index contributed by atoms with van der Waals surface area (Å²) in [5.74, 6) is 0.0867. The number of aryl methyl sites for hydroxylation is 1. The Labute approximate surface area is 128 Å². The van der Waals surface area contributed by atoms with Crippen LogP contribution in [0, 0.1) is 6.92 Å². The van der Waals surface area contributed by atoms with Crippen molar-refractivity contribution in [2.75, 3.05) is 18.4 Å². The highest BCUT2D eigenvalue weighted by molar-refractivity contribution is 7.13. The van der Waals surface area contributed by atoms with Crippen molar-refractivity contribution in [2.24, 2.45) is 0 Å². The van der Waals surface area contributed by atoms with Crippen LogP contribution in [0.5, 0.6) is 0 Å². The molecule has 0 aromatic carbocycles. The molecule has 22 heavy (non-hydrogen) atoms. The Morgan fingerprint density at radius 2 is 2.00 bits per heavy atom. The van der Waals surface area contributed by atoms with Gasteiger partial charge >= 0.3 is 6.18 Å². The number of carbonyl (C=O) groups excluding carboxylic acids is 1. The minimum Gasteiger partial charge on any atom is -0.368 e. The molecule has 0 unspecified atom stereocenters. The fourth-order valence-electron chi connectivity index (χ4n) is 1.59. The quantitative estimate of drug-likeness (QED) is 0.827. The van der Waals surface area contributed by atoms with Gasteiger partial charge in [0.1, 0.15) is 10.7 Å². The molecule has 2 rings (SSSR count). The van der Waals surface area contributed by atoms with Gasteiger partial charge in [0.2, 0.25) is 0 Å². The standard InChI is InChI=1S/C13H13F3N4OS/c1-8-19-7-10(22-8)12(21)18-5-4-17-11-3-2-9(6-20-11)13(14,15)16/h2-3,6-7H,4-5H2,1H3,(H,17,20)(H,18,21). The zero-order valence-corrected chi connectivity index (χ0v) is 12.4. The minimum atomic E-state index is -4.40.